The van der Waals surface area contributed by atoms with E-state index in [0.717, 1.165) is 11.1 Å². The Morgan fingerprint density at radius 2 is 2.05 bits per heavy atom. The molecule has 1 fully saturated rings. The third kappa shape index (κ3) is 2.04. The maximum absolute atomic E-state index is 12.5. The molecule has 5 nitrogen and oxygen atoms in total. The second-order valence-corrected chi connectivity index (χ2v) is 7.65. The smallest absolute Gasteiger partial charge is 0.261 e. The predicted molar refractivity (Wildman–Crippen MR) is 77.8 cm³/mol. The summed E-state index contributed by atoms with van der Waals surface area (Å²) in [5.41, 5.74) is 2.63. The number of nitrogens with zero attached hydrogens (tertiary/aromatic N) is 2. The minimum absolute atomic E-state index is 0.0327. The van der Waals surface area contributed by atoms with Crippen molar-refractivity contribution in [2.24, 2.45) is 0 Å². The highest BCUT2D eigenvalue weighted by molar-refractivity contribution is 7.91. The zero-order chi connectivity index (χ0) is 14.5. The lowest BCUT2D eigenvalue weighted by molar-refractivity contribution is 0.534. The zero-order valence-electron chi connectivity index (χ0n) is 11.5. The maximum atomic E-state index is 12.5. The van der Waals surface area contributed by atoms with E-state index in [-0.39, 0.29) is 23.1 Å². The molecule has 20 heavy (non-hydrogen) atoms. The van der Waals surface area contributed by atoms with Crippen LogP contribution in [0.1, 0.15) is 23.6 Å². The minimum Gasteiger partial charge on any atom is -0.295 e. The van der Waals surface area contributed by atoms with E-state index in [0.29, 0.717) is 17.3 Å². The summed E-state index contributed by atoms with van der Waals surface area (Å²) < 4.78 is 24.6. The number of sulfone groups is 1. The molecule has 0 radical (unpaired) electrons. The van der Waals surface area contributed by atoms with Crippen LogP contribution < -0.4 is 5.56 Å². The van der Waals surface area contributed by atoms with Gasteiger partial charge in [0.15, 0.2) is 9.84 Å². The fraction of sp³-hybridized carbons (Fsp3) is 0.429. The van der Waals surface area contributed by atoms with Crippen LogP contribution in [0.5, 0.6) is 0 Å². The van der Waals surface area contributed by atoms with Gasteiger partial charge in [-0.15, -0.1) is 0 Å². The summed E-state index contributed by atoms with van der Waals surface area (Å²) in [7, 11) is -3.02. The van der Waals surface area contributed by atoms with Crippen molar-refractivity contribution in [3.63, 3.8) is 0 Å². The number of fused-ring (bicyclic) bond motifs is 1. The Bertz CT molecular complexity index is 853. The van der Waals surface area contributed by atoms with E-state index in [1.807, 2.05) is 19.9 Å². The molecule has 1 aliphatic rings. The standard InChI is InChI=1S/C14H16N2O3S/c1-9-3-4-12-13(10(9)2)15-8-16(14(12)17)11-5-6-20(18,19)7-11/h3-4,8,11H,5-7H2,1-2H3. The first-order valence-corrected chi connectivity index (χ1v) is 8.39. The van der Waals surface area contributed by atoms with Gasteiger partial charge in [-0.05, 0) is 37.5 Å². The Kier molecular flexibility index (Phi) is 2.93. The second kappa shape index (κ2) is 4.41. The average molecular weight is 292 g/mol. The normalized spacial score (nSPS) is 21.4. The molecule has 0 aliphatic carbocycles. The Labute approximate surface area is 117 Å². The minimum atomic E-state index is -3.02. The number of hydrogen-bond acceptors (Lipinski definition) is 4. The van der Waals surface area contributed by atoms with E-state index in [2.05, 4.69) is 4.98 Å². The Hall–Kier alpha value is -1.69. The van der Waals surface area contributed by atoms with Gasteiger partial charge in [-0.3, -0.25) is 9.36 Å². The van der Waals surface area contributed by atoms with Crippen molar-refractivity contribution in [2.75, 3.05) is 11.5 Å². The van der Waals surface area contributed by atoms with Gasteiger partial charge in [0.05, 0.1) is 34.8 Å². The van der Waals surface area contributed by atoms with Crippen LogP contribution in [0.25, 0.3) is 10.9 Å². The van der Waals surface area contributed by atoms with E-state index in [1.165, 1.54) is 10.9 Å². The van der Waals surface area contributed by atoms with E-state index >= 15 is 0 Å². The van der Waals surface area contributed by atoms with Gasteiger partial charge in [0.2, 0.25) is 0 Å². The van der Waals surface area contributed by atoms with E-state index in [4.69, 9.17) is 0 Å². The maximum Gasteiger partial charge on any atom is 0.261 e. The number of aryl methyl sites for hydroxylation is 2. The van der Waals surface area contributed by atoms with Crippen LogP contribution in [0.2, 0.25) is 0 Å². The lowest BCUT2D eigenvalue weighted by atomic mass is 10.1. The molecule has 1 saturated heterocycles. The molecule has 6 heteroatoms. The number of benzene rings is 1. The largest absolute Gasteiger partial charge is 0.295 e. The van der Waals surface area contributed by atoms with Gasteiger partial charge in [0.1, 0.15) is 0 Å². The molecule has 0 saturated carbocycles. The summed E-state index contributed by atoms with van der Waals surface area (Å²) >= 11 is 0. The van der Waals surface area contributed by atoms with Crippen molar-refractivity contribution in [3.8, 4) is 0 Å². The summed E-state index contributed by atoms with van der Waals surface area (Å²) in [4.78, 5) is 16.9. The summed E-state index contributed by atoms with van der Waals surface area (Å²) in [5, 5.41) is 0.555. The van der Waals surface area contributed by atoms with Crippen molar-refractivity contribution < 1.29 is 8.42 Å². The number of hydrogen-bond donors (Lipinski definition) is 0. The lowest BCUT2D eigenvalue weighted by Gasteiger charge is -2.13. The Balaban J connectivity index is 2.18. The van der Waals surface area contributed by atoms with Crippen molar-refractivity contribution in [2.45, 2.75) is 26.3 Å². The predicted octanol–water partition coefficient (Wildman–Crippen LogP) is 1.37. The molecule has 0 spiro atoms. The molecule has 2 heterocycles. The number of aromatic nitrogens is 2. The van der Waals surface area contributed by atoms with Crippen molar-refractivity contribution >= 4 is 20.7 Å². The summed E-state index contributed by atoms with van der Waals surface area (Å²) in [6.45, 7) is 3.92. The Morgan fingerprint density at radius 3 is 2.70 bits per heavy atom. The molecule has 1 unspecified atom stereocenters. The summed E-state index contributed by atoms with van der Waals surface area (Å²) in [6.07, 6.45) is 1.98. The molecule has 1 aromatic heterocycles. The first-order valence-electron chi connectivity index (χ1n) is 6.56. The molecule has 0 N–H and O–H groups in total. The monoisotopic (exact) mass is 292 g/mol. The van der Waals surface area contributed by atoms with E-state index < -0.39 is 9.84 Å². The highest BCUT2D eigenvalue weighted by Gasteiger charge is 2.30. The molecule has 2 aromatic rings. The van der Waals surface area contributed by atoms with Crippen LogP contribution in [0, 0.1) is 13.8 Å². The molecule has 0 amide bonds. The van der Waals surface area contributed by atoms with Gasteiger partial charge in [-0.2, -0.15) is 0 Å². The summed E-state index contributed by atoms with van der Waals surface area (Å²) in [5.74, 6) is 0.181. The van der Waals surface area contributed by atoms with Crippen LogP contribution in [-0.4, -0.2) is 29.5 Å². The van der Waals surface area contributed by atoms with E-state index in [1.54, 1.807) is 6.07 Å². The highest BCUT2D eigenvalue weighted by atomic mass is 32.2. The third-order valence-corrected chi connectivity index (χ3v) is 5.83. The molecule has 1 aliphatic heterocycles. The lowest BCUT2D eigenvalue weighted by Crippen LogP contribution is -2.26. The third-order valence-electron chi connectivity index (χ3n) is 4.08. The topological polar surface area (TPSA) is 69.0 Å². The molecule has 3 rings (SSSR count). The molecular formula is C14H16N2O3S. The van der Waals surface area contributed by atoms with Crippen molar-refractivity contribution in [3.05, 3.63) is 39.9 Å². The highest BCUT2D eigenvalue weighted by Crippen LogP contribution is 2.23. The van der Waals surface area contributed by atoms with E-state index in [9.17, 15) is 13.2 Å². The van der Waals surface area contributed by atoms with Crippen LogP contribution in [0.15, 0.2) is 23.3 Å². The van der Waals surface area contributed by atoms with Gasteiger partial charge in [0, 0.05) is 0 Å². The Morgan fingerprint density at radius 1 is 1.30 bits per heavy atom. The van der Waals surface area contributed by atoms with Crippen LogP contribution in [0.4, 0.5) is 0 Å². The quantitative estimate of drug-likeness (QED) is 0.796. The number of rotatable bonds is 1. The van der Waals surface area contributed by atoms with Gasteiger partial charge >= 0.3 is 0 Å². The molecule has 1 aromatic carbocycles. The summed E-state index contributed by atoms with van der Waals surface area (Å²) in [6, 6.07) is 3.38. The fourth-order valence-electron chi connectivity index (χ4n) is 2.71. The zero-order valence-corrected chi connectivity index (χ0v) is 12.3. The molecule has 0 bridgehead atoms. The van der Waals surface area contributed by atoms with Crippen molar-refractivity contribution in [1.82, 2.24) is 9.55 Å². The van der Waals surface area contributed by atoms with Crippen molar-refractivity contribution in [1.29, 1.82) is 0 Å². The first-order chi connectivity index (χ1) is 9.39. The second-order valence-electron chi connectivity index (χ2n) is 5.42. The van der Waals surface area contributed by atoms with Gasteiger partial charge in [-0.25, -0.2) is 13.4 Å². The fourth-order valence-corrected chi connectivity index (χ4v) is 4.42. The first kappa shape index (κ1) is 13.3. The average Bonchev–Trinajstić information content (AvgIpc) is 2.75. The molecule has 1 atom stereocenters. The van der Waals surface area contributed by atoms with Gasteiger partial charge in [-0.1, -0.05) is 6.07 Å². The van der Waals surface area contributed by atoms with Crippen LogP contribution in [0.3, 0.4) is 0 Å². The van der Waals surface area contributed by atoms with Gasteiger partial charge < -0.3 is 0 Å². The molecular weight excluding hydrogens is 276 g/mol. The molecule has 106 valence electrons. The SMILES string of the molecule is Cc1ccc2c(=O)n(C3CCS(=O)(=O)C3)cnc2c1C. The van der Waals surface area contributed by atoms with Gasteiger partial charge in [0.25, 0.3) is 5.56 Å². The van der Waals surface area contributed by atoms with Crippen LogP contribution in [-0.2, 0) is 9.84 Å². The van der Waals surface area contributed by atoms with Crippen LogP contribution >= 0.6 is 0 Å².